The van der Waals surface area contributed by atoms with Gasteiger partial charge in [-0.25, -0.2) is 4.98 Å². The zero-order valence-electron chi connectivity index (χ0n) is 11.3. The minimum atomic E-state index is -0.230. The van der Waals surface area contributed by atoms with Crippen molar-refractivity contribution in [1.82, 2.24) is 4.98 Å². The highest BCUT2D eigenvalue weighted by molar-refractivity contribution is 7.13. The minimum Gasteiger partial charge on any atom is -0.321 e. The van der Waals surface area contributed by atoms with Crippen LogP contribution in [-0.2, 0) is 0 Å². The predicted octanol–water partition coefficient (Wildman–Crippen LogP) is 3.71. The van der Waals surface area contributed by atoms with Crippen LogP contribution >= 0.6 is 22.7 Å². The van der Waals surface area contributed by atoms with Crippen molar-refractivity contribution in [2.24, 2.45) is 0 Å². The first-order valence-electron chi connectivity index (χ1n) is 6.38. The Hall–Kier alpha value is -2.51. The molecule has 0 aliphatic heterocycles. The Kier molecular flexibility index (Phi) is 4.27. The molecule has 0 atom stereocenters. The van der Waals surface area contributed by atoms with Crippen LogP contribution in [0.25, 0.3) is 0 Å². The number of amides is 2. The second kappa shape index (κ2) is 6.50. The van der Waals surface area contributed by atoms with Gasteiger partial charge in [-0.3, -0.25) is 14.9 Å². The Labute approximate surface area is 134 Å². The summed E-state index contributed by atoms with van der Waals surface area (Å²) in [4.78, 5) is 28.6. The van der Waals surface area contributed by atoms with Crippen molar-refractivity contribution in [1.29, 1.82) is 0 Å². The third-order valence-electron chi connectivity index (χ3n) is 2.80. The highest BCUT2D eigenvalue weighted by Gasteiger charge is 2.09. The zero-order chi connectivity index (χ0) is 15.4. The van der Waals surface area contributed by atoms with E-state index in [0.29, 0.717) is 21.3 Å². The van der Waals surface area contributed by atoms with E-state index in [-0.39, 0.29) is 11.8 Å². The molecule has 0 unspecified atom stereocenters. The zero-order valence-corrected chi connectivity index (χ0v) is 12.9. The summed E-state index contributed by atoms with van der Waals surface area (Å²) < 4.78 is 0. The van der Waals surface area contributed by atoms with Gasteiger partial charge in [-0.2, -0.15) is 0 Å². The Morgan fingerprint density at radius 2 is 1.73 bits per heavy atom. The van der Waals surface area contributed by atoms with Crippen LogP contribution < -0.4 is 10.6 Å². The molecule has 0 saturated heterocycles. The van der Waals surface area contributed by atoms with Gasteiger partial charge in [0.05, 0.1) is 4.88 Å². The van der Waals surface area contributed by atoms with E-state index in [0.717, 1.165) is 0 Å². The lowest BCUT2D eigenvalue weighted by atomic mass is 10.2. The smallest absolute Gasteiger partial charge is 0.265 e. The monoisotopic (exact) mass is 329 g/mol. The van der Waals surface area contributed by atoms with Gasteiger partial charge in [0.1, 0.15) is 0 Å². The lowest BCUT2D eigenvalue weighted by Gasteiger charge is -2.05. The fraction of sp³-hybridized carbons (Fsp3) is 0. The van der Waals surface area contributed by atoms with E-state index in [1.54, 1.807) is 41.9 Å². The van der Waals surface area contributed by atoms with Gasteiger partial charge in [-0.15, -0.1) is 22.7 Å². The van der Waals surface area contributed by atoms with Crippen LogP contribution in [-0.4, -0.2) is 16.8 Å². The van der Waals surface area contributed by atoms with E-state index in [1.165, 1.54) is 22.7 Å². The number of aromatic nitrogens is 1. The highest BCUT2D eigenvalue weighted by atomic mass is 32.1. The maximum atomic E-state index is 12.0. The second-order valence-electron chi connectivity index (χ2n) is 4.30. The first-order valence-corrected chi connectivity index (χ1v) is 8.14. The summed E-state index contributed by atoms with van der Waals surface area (Å²) in [6.07, 6.45) is 1.63. The molecule has 110 valence electrons. The molecule has 0 bridgehead atoms. The van der Waals surface area contributed by atoms with Crippen LogP contribution in [0.1, 0.15) is 20.0 Å². The van der Waals surface area contributed by atoms with Crippen LogP contribution in [0.4, 0.5) is 10.8 Å². The molecule has 0 aliphatic carbocycles. The number of hydrogen-bond acceptors (Lipinski definition) is 5. The first kappa shape index (κ1) is 14.4. The number of nitrogens with one attached hydrogen (secondary N) is 2. The quantitative estimate of drug-likeness (QED) is 0.766. The summed E-state index contributed by atoms with van der Waals surface area (Å²) in [7, 11) is 0. The molecule has 0 aliphatic rings. The van der Waals surface area contributed by atoms with Gasteiger partial charge >= 0.3 is 0 Å². The van der Waals surface area contributed by atoms with Crippen LogP contribution in [0, 0.1) is 0 Å². The average Bonchev–Trinajstić information content (AvgIpc) is 3.21. The van der Waals surface area contributed by atoms with Gasteiger partial charge in [0, 0.05) is 22.8 Å². The number of thiophene rings is 1. The second-order valence-corrected chi connectivity index (χ2v) is 6.14. The molecule has 0 spiro atoms. The highest BCUT2D eigenvalue weighted by Crippen LogP contribution is 2.16. The minimum absolute atomic E-state index is 0.157. The lowest BCUT2D eigenvalue weighted by Crippen LogP contribution is -2.13. The normalized spacial score (nSPS) is 10.2. The number of carbonyl (C=O) groups excluding carboxylic acids is 2. The molecule has 0 radical (unpaired) electrons. The van der Waals surface area contributed by atoms with Gasteiger partial charge in [0.25, 0.3) is 11.8 Å². The van der Waals surface area contributed by atoms with Crippen LogP contribution in [0.5, 0.6) is 0 Å². The largest absolute Gasteiger partial charge is 0.321 e. The Balaban J connectivity index is 1.65. The van der Waals surface area contributed by atoms with Crippen molar-refractivity contribution >= 4 is 45.3 Å². The summed E-state index contributed by atoms with van der Waals surface area (Å²) in [5, 5.41) is 9.68. The van der Waals surface area contributed by atoms with E-state index < -0.39 is 0 Å². The van der Waals surface area contributed by atoms with Gasteiger partial charge in [0.15, 0.2) is 5.13 Å². The maximum absolute atomic E-state index is 12.0. The molecular weight excluding hydrogens is 318 g/mol. The van der Waals surface area contributed by atoms with E-state index in [1.807, 2.05) is 11.4 Å². The SMILES string of the molecule is O=C(Nc1nccs1)c1ccc(NC(=O)c2cccs2)cc1. The van der Waals surface area contributed by atoms with Crippen LogP contribution in [0.15, 0.2) is 53.4 Å². The van der Waals surface area contributed by atoms with E-state index >= 15 is 0 Å². The van der Waals surface area contributed by atoms with E-state index in [4.69, 9.17) is 0 Å². The van der Waals surface area contributed by atoms with Crippen molar-refractivity contribution in [2.45, 2.75) is 0 Å². The molecule has 2 amide bonds. The predicted molar refractivity (Wildman–Crippen MR) is 88.8 cm³/mol. The molecule has 1 aromatic carbocycles. The Bertz CT molecular complexity index is 766. The van der Waals surface area contributed by atoms with Gasteiger partial charge in [0.2, 0.25) is 0 Å². The summed E-state index contributed by atoms with van der Waals surface area (Å²) >= 11 is 2.74. The summed E-state index contributed by atoms with van der Waals surface area (Å²) in [6.45, 7) is 0. The first-order chi connectivity index (χ1) is 10.7. The maximum Gasteiger partial charge on any atom is 0.265 e. The average molecular weight is 329 g/mol. The summed E-state index contributed by atoms with van der Waals surface area (Å²) in [5.74, 6) is -0.388. The number of hydrogen-bond donors (Lipinski definition) is 2. The van der Waals surface area contributed by atoms with Crippen molar-refractivity contribution in [3.63, 3.8) is 0 Å². The van der Waals surface area contributed by atoms with Gasteiger partial charge in [-0.05, 0) is 35.7 Å². The fourth-order valence-electron chi connectivity index (χ4n) is 1.76. The Morgan fingerprint density at radius 3 is 2.36 bits per heavy atom. The topological polar surface area (TPSA) is 71.1 Å². The number of thiazole rings is 1. The fourth-order valence-corrected chi connectivity index (χ4v) is 2.90. The third kappa shape index (κ3) is 3.38. The van der Waals surface area contributed by atoms with Crippen molar-refractivity contribution in [3.8, 4) is 0 Å². The number of benzene rings is 1. The van der Waals surface area contributed by atoms with E-state index in [9.17, 15) is 9.59 Å². The number of rotatable bonds is 4. The molecule has 3 rings (SSSR count). The number of nitrogens with zero attached hydrogens (tertiary/aromatic N) is 1. The third-order valence-corrected chi connectivity index (χ3v) is 4.36. The molecule has 0 saturated carbocycles. The molecule has 0 fully saturated rings. The molecular formula is C15H11N3O2S2. The summed E-state index contributed by atoms with van der Waals surface area (Å²) in [5.41, 5.74) is 1.15. The molecule has 2 aromatic heterocycles. The molecule has 2 heterocycles. The van der Waals surface area contributed by atoms with Gasteiger partial charge < -0.3 is 5.32 Å². The van der Waals surface area contributed by atoms with Crippen LogP contribution in [0.3, 0.4) is 0 Å². The Morgan fingerprint density at radius 1 is 0.909 bits per heavy atom. The van der Waals surface area contributed by atoms with Gasteiger partial charge in [-0.1, -0.05) is 6.07 Å². The van der Waals surface area contributed by atoms with Crippen molar-refractivity contribution in [3.05, 3.63) is 63.8 Å². The molecule has 22 heavy (non-hydrogen) atoms. The lowest BCUT2D eigenvalue weighted by molar-refractivity contribution is 0.102. The number of anilines is 2. The number of carbonyl (C=O) groups is 2. The molecule has 5 nitrogen and oxygen atoms in total. The van der Waals surface area contributed by atoms with Crippen molar-refractivity contribution in [2.75, 3.05) is 10.6 Å². The standard InChI is InChI=1S/C15H11N3O2S2/c19-13(18-15-16-7-9-22-15)10-3-5-11(6-4-10)17-14(20)12-2-1-8-21-12/h1-9H,(H,17,20)(H,16,18,19). The molecule has 3 aromatic rings. The van der Waals surface area contributed by atoms with Crippen molar-refractivity contribution < 1.29 is 9.59 Å². The van der Waals surface area contributed by atoms with E-state index in [2.05, 4.69) is 15.6 Å². The molecule has 7 heteroatoms. The molecule has 2 N–H and O–H groups in total. The van der Waals surface area contributed by atoms with Crippen LogP contribution in [0.2, 0.25) is 0 Å². The summed E-state index contributed by atoms with van der Waals surface area (Å²) in [6, 6.07) is 10.3.